The molecule has 8 rings (SSSR count). The number of allylic oxidation sites excluding steroid dienone is 2. The maximum atomic E-state index is 14.7. The Balaban J connectivity index is 1.23. The van der Waals surface area contributed by atoms with E-state index >= 15 is 0 Å². The van der Waals surface area contributed by atoms with Gasteiger partial charge in [-0.25, -0.2) is 4.90 Å². The number of benzene rings is 3. The van der Waals surface area contributed by atoms with E-state index in [1.807, 2.05) is 43.3 Å². The molecule has 11 heteroatoms. The number of amides is 4. The predicted molar refractivity (Wildman–Crippen MR) is 184 cm³/mol. The topological polar surface area (TPSA) is 126 Å². The standard InChI is InChI=1S/C39H39N3O8/c1-39-29(36(45)42(38(39)47)23-7-5-4-6-8-23)21-28-26(34(39)33-30(48-2)19-25(43)20-31(33)49-3)13-14-27-32(28)37(46)41(35(27)44)24-11-9-22(10-12-24)40-15-17-50-18-16-40/h4-13,19-20,27-29,32,34,43H,14-18,21H2,1-3H3/t27-,28+,29-,32-,34+,39+/m0/s1. The highest BCUT2D eigenvalue weighted by molar-refractivity contribution is 6.25. The van der Waals surface area contributed by atoms with Crippen molar-refractivity contribution in [1.82, 2.24) is 0 Å². The molecule has 2 aliphatic carbocycles. The molecule has 3 aromatic carbocycles. The van der Waals surface area contributed by atoms with Crippen LogP contribution in [0.4, 0.5) is 17.1 Å². The SMILES string of the molecule is COc1cc(O)cc(OC)c1[C@H]1C2=CC[C@@H]3C(=O)N(c4ccc(N5CCOCC5)cc4)C(=O)[C@@H]3[C@@H]2C[C@H]2C(=O)N(c3ccccc3)C(=O)[C@@]12C. The molecule has 0 unspecified atom stereocenters. The Labute approximate surface area is 290 Å². The summed E-state index contributed by atoms with van der Waals surface area (Å²) >= 11 is 0. The molecular formula is C39H39N3O8. The summed E-state index contributed by atoms with van der Waals surface area (Å²) in [5, 5.41) is 10.6. The molecule has 4 fully saturated rings. The lowest BCUT2D eigenvalue weighted by molar-refractivity contribution is -0.131. The Kier molecular flexibility index (Phi) is 7.70. The number of para-hydroxylation sites is 1. The summed E-state index contributed by atoms with van der Waals surface area (Å²) in [4.78, 5) is 62.6. The Morgan fingerprint density at radius 2 is 1.40 bits per heavy atom. The first-order chi connectivity index (χ1) is 24.2. The first-order valence-corrected chi connectivity index (χ1v) is 17.1. The Bertz CT molecular complexity index is 1900. The normalized spacial score (nSPS) is 29.1. The molecule has 1 saturated carbocycles. The molecule has 0 bridgehead atoms. The minimum atomic E-state index is -1.29. The highest BCUT2D eigenvalue weighted by Crippen LogP contribution is 2.65. The molecule has 11 nitrogen and oxygen atoms in total. The van der Waals surface area contributed by atoms with E-state index in [1.165, 1.54) is 36.2 Å². The molecule has 3 aromatic rings. The minimum absolute atomic E-state index is 0.0826. The number of imide groups is 2. The van der Waals surface area contributed by atoms with Crippen LogP contribution in [-0.4, -0.2) is 69.3 Å². The predicted octanol–water partition coefficient (Wildman–Crippen LogP) is 4.68. The molecular weight excluding hydrogens is 638 g/mol. The van der Waals surface area contributed by atoms with Gasteiger partial charge in [0.1, 0.15) is 17.2 Å². The lowest BCUT2D eigenvalue weighted by Gasteiger charge is -2.49. The van der Waals surface area contributed by atoms with E-state index in [2.05, 4.69) is 4.90 Å². The van der Waals surface area contributed by atoms with E-state index in [4.69, 9.17) is 14.2 Å². The van der Waals surface area contributed by atoms with Crippen LogP contribution < -0.4 is 24.2 Å². The molecule has 5 aliphatic rings. The first kappa shape index (κ1) is 32.1. The van der Waals surface area contributed by atoms with Crippen molar-refractivity contribution in [2.75, 3.05) is 55.2 Å². The van der Waals surface area contributed by atoms with Crippen LogP contribution in [0.5, 0.6) is 17.2 Å². The van der Waals surface area contributed by atoms with Gasteiger partial charge in [0.25, 0.3) is 0 Å². The smallest absolute Gasteiger partial charge is 0.241 e. The molecule has 50 heavy (non-hydrogen) atoms. The van der Waals surface area contributed by atoms with Gasteiger partial charge in [0.05, 0.1) is 62.0 Å². The maximum absolute atomic E-state index is 14.7. The summed E-state index contributed by atoms with van der Waals surface area (Å²) in [7, 11) is 2.95. The van der Waals surface area contributed by atoms with Crippen LogP contribution in [0.1, 0.15) is 31.2 Å². The number of anilines is 3. The van der Waals surface area contributed by atoms with Gasteiger partial charge in [0.15, 0.2) is 0 Å². The number of nitrogens with zero attached hydrogens (tertiary/aromatic N) is 3. The Hall–Kier alpha value is -5.16. The fourth-order valence-electron chi connectivity index (χ4n) is 9.24. The number of carbonyl (C=O) groups is 4. The minimum Gasteiger partial charge on any atom is -0.508 e. The monoisotopic (exact) mass is 677 g/mol. The molecule has 1 N–H and O–H groups in total. The number of methoxy groups -OCH3 is 2. The molecule has 0 aromatic heterocycles. The number of aromatic hydroxyl groups is 1. The Morgan fingerprint density at radius 3 is 2.04 bits per heavy atom. The number of morpholine rings is 1. The average molecular weight is 678 g/mol. The fraction of sp³-hybridized carbons (Fsp3) is 0.385. The van der Waals surface area contributed by atoms with Crippen LogP contribution in [-0.2, 0) is 23.9 Å². The van der Waals surface area contributed by atoms with Crippen molar-refractivity contribution in [2.24, 2.45) is 29.1 Å². The van der Waals surface area contributed by atoms with Gasteiger partial charge in [-0.2, -0.15) is 0 Å². The van der Waals surface area contributed by atoms with Crippen molar-refractivity contribution in [3.05, 3.63) is 83.9 Å². The molecule has 3 heterocycles. The van der Waals surface area contributed by atoms with Gasteiger partial charge in [0, 0.05) is 42.4 Å². The second-order valence-electron chi connectivity index (χ2n) is 13.9. The van der Waals surface area contributed by atoms with Crippen LogP contribution in [0, 0.1) is 29.1 Å². The number of rotatable bonds is 6. The highest BCUT2D eigenvalue weighted by atomic mass is 16.5. The molecule has 258 valence electrons. The molecule has 3 saturated heterocycles. The molecule has 0 radical (unpaired) electrons. The molecule has 3 aliphatic heterocycles. The maximum Gasteiger partial charge on any atom is 0.241 e. The summed E-state index contributed by atoms with van der Waals surface area (Å²) in [6.07, 6.45) is 2.51. The van der Waals surface area contributed by atoms with Crippen molar-refractivity contribution in [3.8, 4) is 17.2 Å². The summed E-state index contributed by atoms with van der Waals surface area (Å²) in [5.41, 5.74) is 1.99. The quantitative estimate of drug-likeness (QED) is 0.293. The van der Waals surface area contributed by atoms with Crippen LogP contribution in [0.3, 0.4) is 0 Å². The van der Waals surface area contributed by atoms with Crippen molar-refractivity contribution < 1.29 is 38.5 Å². The summed E-state index contributed by atoms with van der Waals surface area (Å²) in [6.45, 7) is 4.63. The lowest BCUT2D eigenvalue weighted by Crippen LogP contribution is -2.49. The number of hydrogen-bond donors (Lipinski definition) is 1. The van der Waals surface area contributed by atoms with Crippen molar-refractivity contribution in [2.45, 2.75) is 25.7 Å². The zero-order chi connectivity index (χ0) is 34.9. The molecule has 0 spiro atoms. The van der Waals surface area contributed by atoms with E-state index in [1.54, 1.807) is 24.3 Å². The number of fused-ring (bicyclic) bond motifs is 4. The van der Waals surface area contributed by atoms with E-state index in [9.17, 15) is 24.3 Å². The van der Waals surface area contributed by atoms with Crippen LogP contribution in [0.2, 0.25) is 0 Å². The van der Waals surface area contributed by atoms with Crippen molar-refractivity contribution in [3.63, 3.8) is 0 Å². The summed E-state index contributed by atoms with van der Waals surface area (Å²) in [5.74, 6) is -4.19. The number of hydrogen-bond acceptors (Lipinski definition) is 9. The van der Waals surface area contributed by atoms with Gasteiger partial charge in [-0.05, 0) is 62.1 Å². The van der Waals surface area contributed by atoms with Gasteiger partial charge >= 0.3 is 0 Å². The van der Waals surface area contributed by atoms with Crippen LogP contribution in [0.15, 0.2) is 78.4 Å². The number of carbonyl (C=O) groups excluding carboxylic acids is 4. The molecule has 4 amide bonds. The fourth-order valence-corrected chi connectivity index (χ4v) is 9.24. The number of ether oxygens (including phenoxy) is 3. The van der Waals surface area contributed by atoms with Gasteiger partial charge in [0.2, 0.25) is 23.6 Å². The number of phenolic OH excluding ortho intramolecular Hbond substituents is 1. The second kappa shape index (κ2) is 12.0. The first-order valence-electron chi connectivity index (χ1n) is 17.1. The highest BCUT2D eigenvalue weighted by Gasteiger charge is 2.68. The van der Waals surface area contributed by atoms with E-state index < -0.39 is 35.0 Å². The van der Waals surface area contributed by atoms with E-state index in [-0.39, 0.29) is 35.8 Å². The van der Waals surface area contributed by atoms with Crippen molar-refractivity contribution >= 4 is 40.7 Å². The lowest BCUT2D eigenvalue weighted by atomic mass is 9.51. The third-order valence-corrected chi connectivity index (χ3v) is 11.6. The molecule has 6 atom stereocenters. The third-order valence-electron chi connectivity index (χ3n) is 11.6. The van der Waals surface area contributed by atoms with Gasteiger partial charge in [-0.15, -0.1) is 0 Å². The van der Waals surface area contributed by atoms with Crippen LogP contribution in [0.25, 0.3) is 0 Å². The van der Waals surface area contributed by atoms with Gasteiger partial charge < -0.3 is 24.2 Å². The number of phenols is 1. The van der Waals surface area contributed by atoms with E-state index in [0.717, 1.165) is 24.4 Å². The zero-order valence-electron chi connectivity index (χ0n) is 28.2. The second-order valence-corrected chi connectivity index (χ2v) is 13.9. The van der Waals surface area contributed by atoms with Crippen molar-refractivity contribution in [1.29, 1.82) is 0 Å². The average Bonchev–Trinajstić information content (AvgIpc) is 3.51. The van der Waals surface area contributed by atoms with E-state index in [0.29, 0.717) is 48.1 Å². The Morgan fingerprint density at radius 1 is 0.780 bits per heavy atom. The third kappa shape index (κ3) is 4.59. The van der Waals surface area contributed by atoms with Gasteiger partial charge in [-0.3, -0.25) is 24.1 Å². The zero-order valence-corrected chi connectivity index (χ0v) is 28.2. The van der Waals surface area contributed by atoms with Gasteiger partial charge in [-0.1, -0.05) is 29.8 Å². The summed E-state index contributed by atoms with van der Waals surface area (Å²) < 4.78 is 17.1. The largest absolute Gasteiger partial charge is 0.508 e. The summed E-state index contributed by atoms with van der Waals surface area (Å²) in [6, 6.07) is 19.3. The van der Waals surface area contributed by atoms with Crippen LogP contribution >= 0.6 is 0 Å².